The van der Waals surface area contributed by atoms with Crippen molar-refractivity contribution in [3.05, 3.63) is 27.0 Å². The quantitative estimate of drug-likeness (QED) is 0.612. The Morgan fingerprint density at radius 1 is 1.35 bits per heavy atom. The monoisotopic (exact) mass is 354 g/mol. The fraction of sp³-hybridized carbons (Fsp3) is 0.214. The summed E-state index contributed by atoms with van der Waals surface area (Å²) in [7, 11) is 3.07. The van der Waals surface area contributed by atoms with E-state index < -0.39 is 12.5 Å². The standard InChI is InChI=1S/C14H14N2O5S2/c1-20-9-3-8(4-10(5-9)21-2)15-6-11-13(19)16(7-12(17)18)14(22)23-11/h3-6,19H,7H2,1-2H3,(H,17,18). The van der Waals surface area contributed by atoms with E-state index in [0.29, 0.717) is 22.1 Å². The van der Waals surface area contributed by atoms with Gasteiger partial charge in [0.15, 0.2) is 3.95 Å². The molecule has 2 rings (SSSR count). The van der Waals surface area contributed by atoms with E-state index in [1.54, 1.807) is 18.2 Å². The second-order valence-corrected chi connectivity index (χ2v) is 6.04. The largest absolute Gasteiger partial charge is 0.497 e. The Kier molecular flexibility index (Phi) is 5.35. The number of thiazole rings is 1. The average molecular weight is 354 g/mol. The summed E-state index contributed by atoms with van der Waals surface area (Å²) in [5, 5.41) is 18.9. The number of aliphatic carboxylic acids is 1. The van der Waals surface area contributed by atoms with Gasteiger partial charge in [-0.2, -0.15) is 0 Å². The number of aliphatic imine (C=N–C) groups is 1. The maximum absolute atomic E-state index is 10.8. The molecular weight excluding hydrogens is 340 g/mol. The number of methoxy groups -OCH3 is 2. The van der Waals surface area contributed by atoms with Crippen LogP contribution < -0.4 is 9.47 Å². The Morgan fingerprint density at radius 2 is 1.96 bits per heavy atom. The predicted molar refractivity (Wildman–Crippen MR) is 89.2 cm³/mol. The van der Waals surface area contributed by atoms with Crippen LogP contribution in [0.3, 0.4) is 0 Å². The van der Waals surface area contributed by atoms with Crippen LogP contribution in [0.4, 0.5) is 5.69 Å². The zero-order chi connectivity index (χ0) is 17.0. The Morgan fingerprint density at radius 3 is 2.48 bits per heavy atom. The highest BCUT2D eigenvalue weighted by atomic mass is 32.1. The number of aromatic nitrogens is 1. The molecule has 2 N–H and O–H groups in total. The number of nitrogens with zero attached hydrogens (tertiary/aromatic N) is 2. The van der Waals surface area contributed by atoms with E-state index in [1.165, 1.54) is 20.4 Å². The maximum atomic E-state index is 10.8. The molecule has 9 heteroatoms. The van der Waals surface area contributed by atoms with Gasteiger partial charge in [-0.05, 0) is 12.2 Å². The SMILES string of the molecule is COc1cc(N=Cc2sc(=S)n(CC(=O)O)c2O)cc(OC)c1. The molecule has 7 nitrogen and oxygen atoms in total. The van der Waals surface area contributed by atoms with Gasteiger partial charge in [0.25, 0.3) is 0 Å². The minimum Gasteiger partial charge on any atom is -0.497 e. The maximum Gasteiger partial charge on any atom is 0.323 e. The third-order valence-electron chi connectivity index (χ3n) is 2.85. The van der Waals surface area contributed by atoms with Gasteiger partial charge in [0, 0.05) is 18.2 Å². The first-order valence-electron chi connectivity index (χ1n) is 6.36. The summed E-state index contributed by atoms with van der Waals surface area (Å²) in [5.41, 5.74) is 0.560. The van der Waals surface area contributed by atoms with Gasteiger partial charge in [-0.15, -0.1) is 0 Å². The van der Waals surface area contributed by atoms with Crippen LogP contribution in [0.5, 0.6) is 17.4 Å². The fourth-order valence-corrected chi connectivity index (χ4v) is 2.95. The lowest BCUT2D eigenvalue weighted by atomic mass is 10.3. The summed E-state index contributed by atoms with van der Waals surface area (Å²) in [6.07, 6.45) is 1.42. The molecule has 1 aromatic carbocycles. The van der Waals surface area contributed by atoms with Crippen molar-refractivity contribution < 1.29 is 24.5 Å². The number of ether oxygens (including phenoxy) is 2. The highest BCUT2D eigenvalue weighted by Gasteiger charge is 2.12. The molecule has 0 aliphatic rings. The average Bonchev–Trinajstić information content (AvgIpc) is 2.79. The number of rotatable bonds is 6. The summed E-state index contributed by atoms with van der Waals surface area (Å²) in [6.45, 7) is -0.401. The van der Waals surface area contributed by atoms with Crippen molar-refractivity contribution in [1.82, 2.24) is 4.57 Å². The van der Waals surface area contributed by atoms with Crippen molar-refractivity contribution in [2.75, 3.05) is 14.2 Å². The Hall–Kier alpha value is -2.39. The van der Waals surface area contributed by atoms with Crippen LogP contribution >= 0.6 is 23.6 Å². The first kappa shape index (κ1) is 17.0. The molecule has 0 atom stereocenters. The van der Waals surface area contributed by atoms with Gasteiger partial charge in [-0.3, -0.25) is 14.4 Å². The third kappa shape index (κ3) is 4.08. The topological polar surface area (TPSA) is 93.3 Å². The Bertz CT molecular complexity index is 788. The van der Waals surface area contributed by atoms with E-state index >= 15 is 0 Å². The molecule has 0 amide bonds. The van der Waals surface area contributed by atoms with E-state index in [9.17, 15) is 9.90 Å². The van der Waals surface area contributed by atoms with Gasteiger partial charge >= 0.3 is 5.97 Å². The highest BCUT2D eigenvalue weighted by molar-refractivity contribution is 7.73. The molecule has 0 bridgehead atoms. The lowest BCUT2D eigenvalue weighted by Crippen LogP contribution is -2.08. The molecular formula is C14H14N2O5S2. The molecule has 1 heterocycles. The molecule has 0 fully saturated rings. The number of hydrogen-bond donors (Lipinski definition) is 2. The summed E-state index contributed by atoms with van der Waals surface area (Å²) in [6, 6.07) is 5.11. The molecule has 0 saturated carbocycles. The van der Waals surface area contributed by atoms with Crippen molar-refractivity contribution in [2.24, 2.45) is 4.99 Å². The van der Waals surface area contributed by atoms with Crippen LogP contribution in [0.15, 0.2) is 23.2 Å². The molecule has 0 aliphatic heterocycles. The molecule has 2 aromatic rings. The van der Waals surface area contributed by atoms with E-state index in [4.69, 9.17) is 26.8 Å². The lowest BCUT2D eigenvalue weighted by Gasteiger charge is -2.05. The van der Waals surface area contributed by atoms with E-state index in [2.05, 4.69) is 4.99 Å². The summed E-state index contributed by atoms with van der Waals surface area (Å²) in [5.74, 6) is -0.148. The normalized spacial score (nSPS) is 10.9. The van der Waals surface area contributed by atoms with Crippen molar-refractivity contribution in [2.45, 2.75) is 6.54 Å². The van der Waals surface area contributed by atoms with Crippen LogP contribution in [-0.2, 0) is 11.3 Å². The smallest absolute Gasteiger partial charge is 0.323 e. The molecule has 0 unspecified atom stereocenters. The van der Waals surface area contributed by atoms with Gasteiger partial charge in [0.05, 0.1) is 26.1 Å². The third-order valence-corrected chi connectivity index (χ3v) is 4.23. The van der Waals surface area contributed by atoms with Gasteiger partial charge in [-0.1, -0.05) is 11.3 Å². The zero-order valence-electron chi connectivity index (χ0n) is 12.3. The summed E-state index contributed by atoms with van der Waals surface area (Å²) >= 11 is 6.12. The van der Waals surface area contributed by atoms with Crippen molar-refractivity contribution in [3.63, 3.8) is 0 Å². The van der Waals surface area contributed by atoms with Gasteiger partial charge in [-0.25, -0.2) is 0 Å². The van der Waals surface area contributed by atoms with E-state index in [-0.39, 0.29) is 9.83 Å². The van der Waals surface area contributed by atoms with Gasteiger partial charge < -0.3 is 19.7 Å². The van der Waals surface area contributed by atoms with Crippen molar-refractivity contribution >= 4 is 41.4 Å². The summed E-state index contributed by atoms with van der Waals surface area (Å²) in [4.78, 5) is 15.4. The van der Waals surface area contributed by atoms with E-state index in [0.717, 1.165) is 15.9 Å². The molecule has 0 aliphatic carbocycles. The highest BCUT2D eigenvalue weighted by Crippen LogP contribution is 2.29. The molecule has 0 radical (unpaired) electrons. The number of carboxylic acid groups (broad SMARTS) is 1. The first-order valence-corrected chi connectivity index (χ1v) is 7.58. The Labute approximate surface area is 141 Å². The number of benzene rings is 1. The lowest BCUT2D eigenvalue weighted by molar-refractivity contribution is -0.137. The Balaban J connectivity index is 2.34. The van der Waals surface area contributed by atoms with Crippen LogP contribution in [0.1, 0.15) is 4.88 Å². The van der Waals surface area contributed by atoms with Crippen LogP contribution in [0.25, 0.3) is 0 Å². The molecule has 1 aromatic heterocycles. The van der Waals surface area contributed by atoms with Crippen LogP contribution in [0.2, 0.25) is 0 Å². The molecule has 122 valence electrons. The number of carbonyl (C=O) groups is 1. The van der Waals surface area contributed by atoms with Crippen molar-refractivity contribution in [3.8, 4) is 17.4 Å². The minimum absolute atomic E-state index is 0.221. The predicted octanol–water partition coefficient (Wildman–Crippen LogP) is 2.84. The number of hydrogen-bond acceptors (Lipinski definition) is 7. The minimum atomic E-state index is -1.09. The number of carboxylic acids is 1. The second-order valence-electron chi connectivity index (χ2n) is 4.36. The molecule has 23 heavy (non-hydrogen) atoms. The van der Waals surface area contributed by atoms with Crippen LogP contribution in [0, 0.1) is 3.95 Å². The summed E-state index contributed by atoms with van der Waals surface area (Å²) < 4.78 is 11.7. The van der Waals surface area contributed by atoms with Crippen LogP contribution in [-0.4, -0.2) is 41.2 Å². The zero-order valence-corrected chi connectivity index (χ0v) is 14.0. The molecule has 0 spiro atoms. The second kappa shape index (κ2) is 7.25. The van der Waals surface area contributed by atoms with Gasteiger partial charge in [0.2, 0.25) is 5.88 Å². The van der Waals surface area contributed by atoms with Gasteiger partial charge in [0.1, 0.15) is 22.9 Å². The fourth-order valence-electron chi connectivity index (χ4n) is 1.77. The van der Waals surface area contributed by atoms with Crippen molar-refractivity contribution in [1.29, 1.82) is 0 Å². The number of aromatic hydroxyl groups is 1. The first-order chi connectivity index (χ1) is 10.9. The van der Waals surface area contributed by atoms with E-state index in [1.807, 2.05) is 0 Å². The molecule has 0 saturated heterocycles.